The summed E-state index contributed by atoms with van der Waals surface area (Å²) in [6, 6.07) is 3.73. The molecule has 0 aliphatic rings. The Morgan fingerprint density at radius 1 is 1.45 bits per heavy atom. The molecule has 0 spiro atoms. The van der Waals surface area contributed by atoms with Gasteiger partial charge in [-0.25, -0.2) is 4.98 Å². The van der Waals surface area contributed by atoms with Crippen LogP contribution in [0.4, 0.5) is 5.82 Å². The molecule has 0 atom stereocenters. The van der Waals surface area contributed by atoms with Gasteiger partial charge in [-0.1, -0.05) is 25.1 Å². The highest BCUT2D eigenvalue weighted by atomic mass is 16.5. The summed E-state index contributed by atoms with van der Waals surface area (Å²) < 4.78 is 5.09. The van der Waals surface area contributed by atoms with E-state index in [2.05, 4.69) is 20.4 Å². The maximum absolute atomic E-state index is 11.8. The Hall–Kier alpha value is -2.24. The van der Waals surface area contributed by atoms with Crippen molar-refractivity contribution < 1.29 is 9.32 Å². The van der Waals surface area contributed by atoms with Gasteiger partial charge in [-0.3, -0.25) is 4.79 Å². The van der Waals surface area contributed by atoms with Gasteiger partial charge in [0.2, 0.25) is 11.8 Å². The van der Waals surface area contributed by atoms with Crippen LogP contribution in [0.2, 0.25) is 0 Å². The first-order chi connectivity index (χ1) is 9.56. The van der Waals surface area contributed by atoms with Crippen molar-refractivity contribution in [2.75, 3.05) is 5.32 Å². The van der Waals surface area contributed by atoms with Crippen LogP contribution in [-0.2, 0) is 11.2 Å². The standard InChI is InChI=1S/C14H18N4O2/c1-9(2)13-17-12(20-18-13)7-6-11(19)16-14-10(3)5-4-8-15-14/h4-5,8-9H,6-7H2,1-3H3,(H,15,16,19). The van der Waals surface area contributed by atoms with Crippen LogP contribution in [0.5, 0.6) is 0 Å². The second-order valence-electron chi connectivity index (χ2n) is 4.92. The van der Waals surface area contributed by atoms with E-state index in [4.69, 9.17) is 4.52 Å². The number of amides is 1. The lowest BCUT2D eigenvalue weighted by atomic mass is 10.2. The molecule has 1 N–H and O–H groups in total. The largest absolute Gasteiger partial charge is 0.339 e. The lowest BCUT2D eigenvalue weighted by Gasteiger charge is -2.05. The Morgan fingerprint density at radius 2 is 2.25 bits per heavy atom. The predicted molar refractivity (Wildman–Crippen MR) is 74.3 cm³/mol. The number of aryl methyl sites for hydroxylation is 2. The highest BCUT2D eigenvalue weighted by Gasteiger charge is 2.12. The number of pyridine rings is 1. The fourth-order valence-electron chi connectivity index (χ4n) is 1.64. The fraction of sp³-hybridized carbons (Fsp3) is 0.429. The highest BCUT2D eigenvalue weighted by molar-refractivity contribution is 5.90. The zero-order chi connectivity index (χ0) is 14.5. The number of carbonyl (C=O) groups excluding carboxylic acids is 1. The molecular weight excluding hydrogens is 256 g/mol. The van der Waals surface area contributed by atoms with E-state index in [0.717, 1.165) is 5.56 Å². The zero-order valence-corrected chi connectivity index (χ0v) is 11.9. The molecule has 0 aliphatic heterocycles. The SMILES string of the molecule is Cc1cccnc1NC(=O)CCc1nc(C(C)C)no1. The maximum Gasteiger partial charge on any atom is 0.227 e. The summed E-state index contributed by atoms with van der Waals surface area (Å²) in [6.45, 7) is 5.88. The highest BCUT2D eigenvalue weighted by Crippen LogP contribution is 2.12. The third-order valence-corrected chi connectivity index (χ3v) is 2.83. The molecule has 1 amide bonds. The third-order valence-electron chi connectivity index (χ3n) is 2.83. The number of anilines is 1. The van der Waals surface area contributed by atoms with Gasteiger partial charge in [-0.2, -0.15) is 4.98 Å². The molecule has 0 radical (unpaired) electrons. The Morgan fingerprint density at radius 3 is 2.90 bits per heavy atom. The molecule has 2 rings (SSSR count). The molecular formula is C14H18N4O2. The topological polar surface area (TPSA) is 80.9 Å². The van der Waals surface area contributed by atoms with Crippen LogP contribution in [0.3, 0.4) is 0 Å². The van der Waals surface area contributed by atoms with Crippen molar-refractivity contribution in [2.45, 2.75) is 39.5 Å². The van der Waals surface area contributed by atoms with E-state index in [1.54, 1.807) is 6.20 Å². The van der Waals surface area contributed by atoms with Crippen LogP contribution >= 0.6 is 0 Å². The Bertz CT molecular complexity index is 592. The molecule has 0 bridgehead atoms. The van der Waals surface area contributed by atoms with Gasteiger partial charge >= 0.3 is 0 Å². The molecule has 2 aromatic rings. The average Bonchev–Trinajstić information content (AvgIpc) is 2.88. The minimum atomic E-state index is -0.115. The number of hydrogen-bond donors (Lipinski definition) is 1. The van der Waals surface area contributed by atoms with E-state index in [0.29, 0.717) is 24.0 Å². The monoisotopic (exact) mass is 274 g/mol. The molecule has 0 saturated carbocycles. The van der Waals surface area contributed by atoms with Crippen molar-refractivity contribution in [2.24, 2.45) is 0 Å². The lowest BCUT2D eigenvalue weighted by Crippen LogP contribution is -2.14. The summed E-state index contributed by atoms with van der Waals surface area (Å²) in [6.07, 6.45) is 2.36. The molecule has 2 heterocycles. The van der Waals surface area contributed by atoms with E-state index < -0.39 is 0 Å². The molecule has 2 aromatic heterocycles. The van der Waals surface area contributed by atoms with Gasteiger partial charge in [-0.15, -0.1) is 0 Å². The number of nitrogens with zero attached hydrogens (tertiary/aromatic N) is 3. The molecule has 106 valence electrons. The summed E-state index contributed by atoms with van der Waals surface area (Å²) in [4.78, 5) is 20.2. The van der Waals surface area contributed by atoms with E-state index in [-0.39, 0.29) is 18.2 Å². The number of carbonyl (C=O) groups is 1. The van der Waals surface area contributed by atoms with Crippen LogP contribution in [0, 0.1) is 6.92 Å². The first-order valence-electron chi connectivity index (χ1n) is 6.60. The van der Waals surface area contributed by atoms with Crippen LogP contribution < -0.4 is 5.32 Å². The van der Waals surface area contributed by atoms with Crippen molar-refractivity contribution in [3.8, 4) is 0 Å². The van der Waals surface area contributed by atoms with Crippen LogP contribution in [0.15, 0.2) is 22.9 Å². The number of hydrogen-bond acceptors (Lipinski definition) is 5. The van der Waals surface area contributed by atoms with Crippen LogP contribution in [-0.4, -0.2) is 21.0 Å². The molecule has 0 aromatic carbocycles. The molecule has 6 nitrogen and oxygen atoms in total. The number of nitrogens with one attached hydrogen (secondary N) is 1. The van der Waals surface area contributed by atoms with E-state index in [1.165, 1.54) is 0 Å². The summed E-state index contributed by atoms with van der Waals surface area (Å²) in [5.41, 5.74) is 0.931. The van der Waals surface area contributed by atoms with E-state index >= 15 is 0 Å². The van der Waals surface area contributed by atoms with Gasteiger partial charge in [0.1, 0.15) is 5.82 Å². The van der Waals surface area contributed by atoms with E-state index in [1.807, 2.05) is 32.9 Å². The number of aromatic nitrogens is 3. The Labute approximate surface area is 117 Å². The molecule has 0 unspecified atom stereocenters. The summed E-state index contributed by atoms with van der Waals surface area (Å²) >= 11 is 0. The Kier molecular flexibility index (Phi) is 4.45. The van der Waals surface area contributed by atoms with Crippen LogP contribution in [0.25, 0.3) is 0 Å². The summed E-state index contributed by atoms with van der Waals surface area (Å²) in [7, 11) is 0. The molecule has 20 heavy (non-hydrogen) atoms. The van der Waals surface area contributed by atoms with Crippen LogP contribution in [0.1, 0.15) is 43.5 Å². The molecule has 0 saturated heterocycles. The van der Waals surface area contributed by atoms with Gasteiger partial charge in [0.05, 0.1) is 0 Å². The lowest BCUT2D eigenvalue weighted by molar-refractivity contribution is -0.116. The fourth-order valence-corrected chi connectivity index (χ4v) is 1.64. The van der Waals surface area contributed by atoms with E-state index in [9.17, 15) is 4.79 Å². The molecule has 0 aliphatic carbocycles. The van der Waals surface area contributed by atoms with Gasteiger partial charge in [0.15, 0.2) is 5.82 Å². The minimum Gasteiger partial charge on any atom is -0.339 e. The molecule has 0 fully saturated rings. The predicted octanol–water partition coefficient (Wildman–Crippen LogP) is 2.47. The first kappa shape index (κ1) is 14.2. The second-order valence-corrected chi connectivity index (χ2v) is 4.92. The van der Waals surface area contributed by atoms with Gasteiger partial charge in [-0.05, 0) is 18.6 Å². The van der Waals surface area contributed by atoms with Crippen molar-refractivity contribution >= 4 is 11.7 Å². The molecule has 6 heteroatoms. The first-order valence-corrected chi connectivity index (χ1v) is 6.60. The van der Waals surface area contributed by atoms with Gasteiger partial charge in [0, 0.05) is 25.0 Å². The summed E-state index contributed by atoms with van der Waals surface area (Å²) in [5.74, 6) is 1.85. The minimum absolute atomic E-state index is 0.115. The average molecular weight is 274 g/mol. The second kappa shape index (κ2) is 6.27. The van der Waals surface area contributed by atoms with Crippen molar-refractivity contribution in [3.05, 3.63) is 35.6 Å². The summed E-state index contributed by atoms with van der Waals surface area (Å²) in [5, 5.41) is 6.63. The smallest absolute Gasteiger partial charge is 0.227 e. The normalized spacial score (nSPS) is 10.8. The van der Waals surface area contributed by atoms with Crippen molar-refractivity contribution in [3.63, 3.8) is 0 Å². The third kappa shape index (κ3) is 3.63. The maximum atomic E-state index is 11.8. The number of rotatable bonds is 5. The van der Waals surface area contributed by atoms with Gasteiger partial charge in [0.25, 0.3) is 0 Å². The van der Waals surface area contributed by atoms with Crippen molar-refractivity contribution in [1.82, 2.24) is 15.1 Å². The van der Waals surface area contributed by atoms with Crippen molar-refractivity contribution in [1.29, 1.82) is 0 Å². The Balaban J connectivity index is 1.87. The zero-order valence-electron chi connectivity index (χ0n) is 11.9. The van der Waals surface area contributed by atoms with Gasteiger partial charge < -0.3 is 9.84 Å². The quantitative estimate of drug-likeness (QED) is 0.905.